The highest BCUT2D eigenvalue weighted by Crippen LogP contribution is 2.65. The Morgan fingerprint density at radius 2 is 1.84 bits per heavy atom. The average molecular weight is 586 g/mol. The van der Waals surface area contributed by atoms with E-state index in [0.29, 0.717) is 38.5 Å². The number of hydrogen-bond acceptors (Lipinski definition) is 6. The zero-order valence-corrected chi connectivity index (χ0v) is 25.4. The number of carbonyl (C=O) groups is 3. The van der Waals surface area contributed by atoms with Crippen molar-refractivity contribution in [3.8, 4) is 0 Å². The van der Waals surface area contributed by atoms with Crippen LogP contribution in [0.1, 0.15) is 106 Å². The number of ether oxygens (including phenoxy) is 1. The third kappa shape index (κ3) is 6.24. The van der Waals surface area contributed by atoms with Gasteiger partial charge in [-0.1, -0.05) is 69.0 Å². The normalized spacial score (nSPS) is 37.2. The van der Waals surface area contributed by atoms with Crippen LogP contribution in [-0.2, 0) is 19.1 Å². The summed E-state index contributed by atoms with van der Waals surface area (Å²) >= 11 is 3.37. The van der Waals surface area contributed by atoms with Crippen LogP contribution < -0.4 is 0 Å². The Bertz CT molecular complexity index is 855. The lowest BCUT2D eigenvalue weighted by Crippen LogP contribution is -2.61. The van der Waals surface area contributed by atoms with E-state index in [1.54, 1.807) is 6.08 Å². The van der Waals surface area contributed by atoms with Crippen molar-refractivity contribution in [1.82, 2.24) is 0 Å². The van der Waals surface area contributed by atoms with Gasteiger partial charge in [0.05, 0.1) is 6.10 Å². The number of hydrogen-bond donors (Lipinski definition) is 2. The SMILES string of the molecule is CC.CCC1C(C2(C)CCC(=O)C=C2C)C(O)CC2(C)C1CCC2(O)C(=O)COC(=O)CCCCCBr. The average Bonchev–Trinajstić information content (AvgIpc) is 3.14. The Kier molecular flexibility index (Phi) is 11.6. The molecule has 2 N–H and O–H groups in total. The van der Waals surface area contributed by atoms with Crippen molar-refractivity contribution in [2.24, 2.45) is 28.6 Å². The first-order chi connectivity index (χ1) is 17.4. The van der Waals surface area contributed by atoms with Gasteiger partial charge in [-0.15, -0.1) is 0 Å². The van der Waals surface area contributed by atoms with Crippen molar-refractivity contribution in [3.63, 3.8) is 0 Å². The lowest BCUT2D eigenvalue weighted by Gasteiger charge is -2.57. The molecule has 0 amide bonds. The van der Waals surface area contributed by atoms with E-state index in [1.807, 2.05) is 27.7 Å². The van der Waals surface area contributed by atoms with E-state index < -0.39 is 35.5 Å². The Balaban J connectivity index is 0.00000235. The van der Waals surface area contributed by atoms with Crippen molar-refractivity contribution >= 4 is 33.5 Å². The maximum atomic E-state index is 13.3. The summed E-state index contributed by atoms with van der Waals surface area (Å²) in [5.41, 5.74) is -1.68. The van der Waals surface area contributed by atoms with Crippen LogP contribution in [0.15, 0.2) is 11.6 Å². The molecule has 0 radical (unpaired) electrons. The zero-order chi connectivity index (χ0) is 28.0. The molecule has 0 heterocycles. The Morgan fingerprint density at radius 3 is 2.43 bits per heavy atom. The molecule has 7 atom stereocenters. The van der Waals surface area contributed by atoms with Gasteiger partial charge in [0.2, 0.25) is 5.78 Å². The molecule has 0 aromatic carbocycles. The fourth-order valence-electron chi connectivity index (χ4n) is 7.64. The van der Waals surface area contributed by atoms with Crippen molar-refractivity contribution in [2.75, 3.05) is 11.9 Å². The highest BCUT2D eigenvalue weighted by atomic mass is 79.9. The second-order valence-corrected chi connectivity index (χ2v) is 12.4. The van der Waals surface area contributed by atoms with Gasteiger partial charge < -0.3 is 14.9 Å². The number of allylic oxidation sites excluding steroid dienone is 2. The molecule has 212 valence electrons. The van der Waals surface area contributed by atoms with E-state index >= 15 is 0 Å². The summed E-state index contributed by atoms with van der Waals surface area (Å²) < 4.78 is 5.26. The van der Waals surface area contributed by atoms with Gasteiger partial charge in [-0.05, 0) is 74.7 Å². The van der Waals surface area contributed by atoms with Crippen LogP contribution in [0, 0.1) is 28.6 Å². The number of rotatable bonds is 10. The number of carbonyl (C=O) groups excluding carboxylic acids is 3. The number of esters is 1. The number of ketones is 2. The molecular weight excluding hydrogens is 536 g/mol. The number of aliphatic hydroxyl groups excluding tert-OH is 1. The van der Waals surface area contributed by atoms with Crippen molar-refractivity contribution in [1.29, 1.82) is 0 Å². The number of alkyl halides is 1. The first kappa shape index (κ1) is 32.2. The number of halogens is 1. The third-order valence-corrected chi connectivity index (χ3v) is 10.4. The molecule has 7 unspecified atom stereocenters. The largest absolute Gasteiger partial charge is 0.458 e. The minimum Gasteiger partial charge on any atom is -0.458 e. The molecule has 0 spiro atoms. The summed E-state index contributed by atoms with van der Waals surface area (Å²) in [6.07, 6.45) is 7.27. The Labute approximate surface area is 232 Å². The molecule has 0 aliphatic heterocycles. The highest BCUT2D eigenvalue weighted by molar-refractivity contribution is 9.09. The maximum Gasteiger partial charge on any atom is 0.306 e. The zero-order valence-electron chi connectivity index (χ0n) is 23.8. The van der Waals surface area contributed by atoms with E-state index in [9.17, 15) is 24.6 Å². The lowest BCUT2D eigenvalue weighted by molar-refractivity contribution is -0.181. The molecule has 0 aromatic rings. The first-order valence-electron chi connectivity index (χ1n) is 14.3. The van der Waals surface area contributed by atoms with Crippen LogP contribution in [0.2, 0.25) is 0 Å². The summed E-state index contributed by atoms with van der Waals surface area (Å²) in [6, 6.07) is 0. The van der Waals surface area contributed by atoms with Crippen molar-refractivity contribution < 1.29 is 29.3 Å². The predicted octanol–water partition coefficient (Wildman–Crippen LogP) is 5.95. The van der Waals surface area contributed by atoms with Gasteiger partial charge in [0.15, 0.2) is 12.4 Å². The van der Waals surface area contributed by atoms with Gasteiger partial charge in [0.1, 0.15) is 5.60 Å². The number of unbranched alkanes of at least 4 members (excludes halogenated alkanes) is 2. The van der Waals surface area contributed by atoms with Crippen LogP contribution in [0.4, 0.5) is 0 Å². The monoisotopic (exact) mass is 584 g/mol. The molecule has 3 rings (SSSR count). The summed E-state index contributed by atoms with van der Waals surface area (Å²) in [6.45, 7) is 11.8. The Morgan fingerprint density at radius 1 is 1.16 bits per heavy atom. The minimum atomic E-state index is -1.62. The van der Waals surface area contributed by atoms with Crippen molar-refractivity contribution in [2.45, 2.75) is 117 Å². The van der Waals surface area contributed by atoms with Crippen molar-refractivity contribution in [3.05, 3.63) is 11.6 Å². The van der Waals surface area contributed by atoms with Crippen LogP contribution in [0.3, 0.4) is 0 Å². The van der Waals surface area contributed by atoms with Gasteiger partial charge in [0.25, 0.3) is 0 Å². The molecule has 0 bridgehead atoms. The molecule has 2 fully saturated rings. The standard InChI is InChI=1S/C28H43BrO6.C2H6/c1-5-20-21-11-13-28(34,23(32)17-35-24(33)9-7-6-8-14-29)27(21,4)16-22(31)25(20)26(3)12-10-19(30)15-18(26)2;1-2/h15,20-22,25,31,34H,5-14,16-17H2,1-4H3;1-2H3. The van der Waals surface area contributed by atoms with Gasteiger partial charge in [-0.3, -0.25) is 14.4 Å². The first-order valence-corrected chi connectivity index (χ1v) is 15.4. The second-order valence-electron chi connectivity index (χ2n) is 11.6. The van der Waals surface area contributed by atoms with E-state index in [2.05, 4.69) is 29.8 Å². The smallest absolute Gasteiger partial charge is 0.306 e. The molecule has 0 saturated heterocycles. The fraction of sp³-hybridized carbons (Fsp3) is 0.833. The summed E-state index contributed by atoms with van der Waals surface area (Å²) in [4.78, 5) is 37.4. The van der Waals surface area contributed by atoms with Crippen LogP contribution in [-0.4, -0.2) is 51.4 Å². The summed E-state index contributed by atoms with van der Waals surface area (Å²) in [5.74, 6) is -0.580. The molecule has 6 nitrogen and oxygen atoms in total. The molecule has 3 aliphatic carbocycles. The third-order valence-electron chi connectivity index (χ3n) is 9.82. The second kappa shape index (κ2) is 13.3. The number of Topliss-reactive ketones (excluding diaryl/α,β-unsaturated/α-hetero) is 1. The highest BCUT2D eigenvalue weighted by Gasteiger charge is 2.67. The topological polar surface area (TPSA) is 101 Å². The molecular formula is C30H49BrO6. The van der Waals surface area contributed by atoms with Crippen LogP contribution >= 0.6 is 15.9 Å². The molecule has 3 aliphatic rings. The van der Waals surface area contributed by atoms with E-state index in [0.717, 1.165) is 30.2 Å². The van der Waals surface area contributed by atoms with Gasteiger partial charge in [-0.2, -0.15) is 0 Å². The molecule has 7 heteroatoms. The van der Waals surface area contributed by atoms with Gasteiger partial charge >= 0.3 is 5.97 Å². The van der Waals surface area contributed by atoms with Crippen LogP contribution in [0.5, 0.6) is 0 Å². The molecule has 0 aromatic heterocycles. The molecule has 2 saturated carbocycles. The molecule has 37 heavy (non-hydrogen) atoms. The van der Waals surface area contributed by atoms with E-state index in [1.165, 1.54) is 0 Å². The number of fused-ring (bicyclic) bond motifs is 1. The summed E-state index contributed by atoms with van der Waals surface area (Å²) in [7, 11) is 0. The van der Waals surface area contributed by atoms with Crippen LogP contribution in [0.25, 0.3) is 0 Å². The van der Waals surface area contributed by atoms with Gasteiger partial charge in [-0.25, -0.2) is 0 Å². The summed E-state index contributed by atoms with van der Waals surface area (Å²) in [5, 5.41) is 24.2. The Hall–Kier alpha value is -1.05. The van der Waals surface area contributed by atoms with Gasteiger partial charge in [0, 0.05) is 23.6 Å². The lowest BCUT2D eigenvalue weighted by atomic mass is 9.48. The van der Waals surface area contributed by atoms with E-state index in [4.69, 9.17) is 4.74 Å². The maximum absolute atomic E-state index is 13.3. The quantitative estimate of drug-likeness (QED) is 0.187. The fourth-order valence-corrected chi connectivity index (χ4v) is 8.04. The minimum absolute atomic E-state index is 0.0373. The predicted molar refractivity (Wildman–Crippen MR) is 149 cm³/mol. The van der Waals surface area contributed by atoms with E-state index in [-0.39, 0.29) is 35.4 Å². The number of aliphatic hydroxyl groups is 2.